The standard InChI is InChI=1S/C16H25FN2/c1-4-18-12(3)16-14(17)7-6-8-15(16)19(5-2)11-13-9-10-13/h6-8,12-13,18H,4-5,9-11H2,1-3H3. The summed E-state index contributed by atoms with van der Waals surface area (Å²) < 4.78 is 14.2. The lowest BCUT2D eigenvalue weighted by Crippen LogP contribution is -2.29. The SMILES string of the molecule is CCNC(C)c1c(F)cccc1N(CC)CC1CC1. The molecule has 19 heavy (non-hydrogen) atoms. The number of rotatable bonds is 7. The second-order valence-electron chi connectivity index (χ2n) is 5.43. The minimum Gasteiger partial charge on any atom is -0.371 e. The van der Waals surface area contributed by atoms with Crippen molar-refractivity contribution in [2.75, 3.05) is 24.5 Å². The van der Waals surface area contributed by atoms with Gasteiger partial charge in [0.2, 0.25) is 0 Å². The van der Waals surface area contributed by atoms with Crippen molar-refractivity contribution in [3.05, 3.63) is 29.6 Å². The summed E-state index contributed by atoms with van der Waals surface area (Å²) in [5, 5.41) is 3.32. The summed E-state index contributed by atoms with van der Waals surface area (Å²) in [4.78, 5) is 2.32. The quantitative estimate of drug-likeness (QED) is 0.807. The maximum atomic E-state index is 14.2. The van der Waals surface area contributed by atoms with Gasteiger partial charge in [-0.1, -0.05) is 13.0 Å². The van der Waals surface area contributed by atoms with E-state index in [-0.39, 0.29) is 11.9 Å². The summed E-state index contributed by atoms with van der Waals surface area (Å²) in [6.45, 7) is 9.09. The van der Waals surface area contributed by atoms with Crippen LogP contribution >= 0.6 is 0 Å². The van der Waals surface area contributed by atoms with Crippen LogP contribution in [0.3, 0.4) is 0 Å². The van der Waals surface area contributed by atoms with Gasteiger partial charge in [-0.3, -0.25) is 0 Å². The monoisotopic (exact) mass is 264 g/mol. The molecule has 106 valence electrons. The van der Waals surface area contributed by atoms with Gasteiger partial charge in [0.05, 0.1) is 0 Å². The molecule has 3 heteroatoms. The normalized spacial score (nSPS) is 16.4. The Morgan fingerprint density at radius 1 is 1.37 bits per heavy atom. The Morgan fingerprint density at radius 3 is 2.68 bits per heavy atom. The van der Waals surface area contributed by atoms with E-state index in [0.29, 0.717) is 0 Å². The lowest BCUT2D eigenvalue weighted by Gasteiger charge is -2.28. The first-order valence-electron chi connectivity index (χ1n) is 7.44. The topological polar surface area (TPSA) is 15.3 Å². The summed E-state index contributed by atoms with van der Waals surface area (Å²) in [5.74, 6) is 0.714. The van der Waals surface area contributed by atoms with Gasteiger partial charge in [-0.15, -0.1) is 0 Å². The lowest BCUT2D eigenvalue weighted by molar-refractivity contribution is 0.538. The van der Waals surface area contributed by atoms with Crippen molar-refractivity contribution in [2.24, 2.45) is 5.92 Å². The molecule has 1 saturated carbocycles. The van der Waals surface area contributed by atoms with Crippen molar-refractivity contribution in [3.8, 4) is 0 Å². The van der Waals surface area contributed by atoms with Gasteiger partial charge in [-0.2, -0.15) is 0 Å². The molecule has 0 spiro atoms. The van der Waals surface area contributed by atoms with Gasteiger partial charge in [0.1, 0.15) is 5.82 Å². The minimum absolute atomic E-state index is 0.0504. The van der Waals surface area contributed by atoms with Gasteiger partial charge in [0.25, 0.3) is 0 Å². The average molecular weight is 264 g/mol. The summed E-state index contributed by atoms with van der Waals surface area (Å²) in [5.41, 5.74) is 1.87. The number of nitrogens with one attached hydrogen (secondary N) is 1. The van der Waals surface area contributed by atoms with Crippen molar-refractivity contribution < 1.29 is 4.39 Å². The number of anilines is 1. The molecular formula is C16H25FN2. The summed E-state index contributed by atoms with van der Waals surface area (Å²) in [6.07, 6.45) is 2.65. The minimum atomic E-state index is -0.0970. The molecule has 0 aromatic heterocycles. The highest BCUT2D eigenvalue weighted by Crippen LogP contribution is 2.34. The first-order chi connectivity index (χ1) is 9.17. The van der Waals surface area contributed by atoms with E-state index in [1.807, 2.05) is 13.0 Å². The molecule has 0 amide bonds. The maximum Gasteiger partial charge on any atom is 0.130 e. The first kappa shape index (κ1) is 14.3. The number of hydrogen-bond donors (Lipinski definition) is 1. The molecule has 1 N–H and O–H groups in total. The molecule has 1 aromatic rings. The van der Waals surface area contributed by atoms with Crippen LogP contribution in [0.1, 0.15) is 45.2 Å². The third-order valence-corrected chi connectivity index (χ3v) is 3.87. The molecule has 1 aromatic carbocycles. The lowest BCUT2D eigenvalue weighted by atomic mass is 10.0. The fourth-order valence-corrected chi connectivity index (χ4v) is 2.65. The van der Waals surface area contributed by atoms with Crippen LogP contribution in [0.25, 0.3) is 0 Å². The Balaban J connectivity index is 2.28. The highest BCUT2D eigenvalue weighted by Gasteiger charge is 2.26. The molecule has 1 aliphatic carbocycles. The van der Waals surface area contributed by atoms with Crippen molar-refractivity contribution in [2.45, 2.75) is 39.7 Å². The summed E-state index contributed by atoms with van der Waals surface area (Å²) in [6, 6.07) is 5.49. The van der Waals surface area contributed by atoms with Crippen molar-refractivity contribution in [3.63, 3.8) is 0 Å². The molecular weight excluding hydrogens is 239 g/mol. The van der Waals surface area contributed by atoms with Crippen molar-refractivity contribution in [1.29, 1.82) is 0 Å². The van der Waals surface area contributed by atoms with Crippen LogP contribution in [0.4, 0.5) is 10.1 Å². The summed E-state index contributed by atoms with van der Waals surface area (Å²) in [7, 11) is 0. The average Bonchev–Trinajstić information content (AvgIpc) is 3.19. The van der Waals surface area contributed by atoms with Crippen LogP contribution in [0.2, 0.25) is 0 Å². The molecule has 1 unspecified atom stereocenters. The molecule has 0 aliphatic heterocycles. The van der Waals surface area contributed by atoms with E-state index in [0.717, 1.165) is 36.8 Å². The molecule has 0 bridgehead atoms. The molecule has 2 rings (SSSR count). The fraction of sp³-hybridized carbons (Fsp3) is 0.625. The molecule has 0 saturated heterocycles. The Bertz CT molecular complexity index is 415. The van der Waals surface area contributed by atoms with Crippen LogP contribution in [-0.2, 0) is 0 Å². The molecule has 0 heterocycles. The predicted molar refractivity (Wildman–Crippen MR) is 79.1 cm³/mol. The van der Waals surface area contributed by atoms with E-state index in [9.17, 15) is 4.39 Å². The summed E-state index contributed by atoms with van der Waals surface area (Å²) >= 11 is 0. The van der Waals surface area contributed by atoms with E-state index >= 15 is 0 Å². The second-order valence-corrected chi connectivity index (χ2v) is 5.43. The van der Waals surface area contributed by atoms with Crippen molar-refractivity contribution in [1.82, 2.24) is 5.32 Å². The van der Waals surface area contributed by atoms with E-state index < -0.39 is 0 Å². The smallest absolute Gasteiger partial charge is 0.130 e. The molecule has 1 fully saturated rings. The first-order valence-corrected chi connectivity index (χ1v) is 7.44. The van der Waals surface area contributed by atoms with Gasteiger partial charge in [-0.05, 0) is 51.3 Å². The number of halogens is 1. The number of benzene rings is 1. The maximum absolute atomic E-state index is 14.2. The predicted octanol–water partition coefficient (Wildman–Crippen LogP) is 3.73. The highest BCUT2D eigenvalue weighted by molar-refractivity contribution is 5.55. The van der Waals surface area contributed by atoms with Crippen LogP contribution in [0, 0.1) is 11.7 Å². The third-order valence-electron chi connectivity index (χ3n) is 3.87. The van der Waals surface area contributed by atoms with Gasteiger partial charge in [-0.25, -0.2) is 4.39 Å². The molecule has 1 aliphatic rings. The third kappa shape index (κ3) is 3.47. The number of nitrogens with zero attached hydrogens (tertiary/aromatic N) is 1. The van der Waals surface area contributed by atoms with Crippen molar-refractivity contribution >= 4 is 5.69 Å². The Labute approximate surface area is 116 Å². The van der Waals surface area contributed by atoms with E-state index in [1.54, 1.807) is 6.07 Å². The van der Waals surface area contributed by atoms with Crippen LogP contribution in [0.5, 0.6) is 0 Å². The van der Waals surface area contributed by atoms with Crippen LogP contribution < -0.4 is 10.2 Å². The molecule has 1 atom stereocenters. The molecule has 0 radical (unpaired) electrons. The van der Waals surface area contributed by atoms with Gasteiger partial charge < -0.3 is 10.2 Å². The Kier molecular flexibility index (Phi) is 4.81. The van der Waals surface area contributed by atoms with E-state index in [4.69, 9.17) is 0 Å². The van der Waals surface area contributed by atoms with E-state index in [1.165, 1.54) is 12.8 Å². The zero-order valence-electron chi connectivity index (χ0n) is 12.2. The second kappa shape index (κ2) is 6.38. The number of hydrogen-bond acceptors (Lipinski definition) is 2. The van der Waals surface area contributed by atoms with Gasteiger partial charge >= 0.3 is 0 Å². The largest absolute Gasteiger partial charge is 0.371 e. The zero-order chi connectivity index (χ0) is 13.8. The van der Waals surface area contributed by atoms with Gasteiger partial charge in [0.15, 0.2) is 0 Å². The zero-order valence-corrected chi connectivity index (χ0v) is 12.2. The Morgan fingerprint density at radius 2 is 2.11 bits per heavy atom. The molecule has 2 nitrogen and oxygen atoms in total. The highest BCUT2D eigenvalue weighted by atomic mass is 19.1. The van der Waals surface area contributed by atoms with E-state index in [2.05, 4.69) is 30.1 Å². The van der Waals surface area contributed by atoms with Crippen LogP contribution in [0.15, 0.2) is 18.2 Å². The Hall–Kier alpha value is -1.09. The fourth-order valence-electron chi connectivity index (χ4n) is 2.65. The van der Waals surface area contributed by atoms with Gasteiger partial charge in [0, 0.05) is 30.4 Å². The van der Waals surface area contributed by atoms with Crippen LogP contribution in [-0.4, -0.2) is 19.6 Å².